The molecule has 1 saturated heterocycles. The second kappa shape index (κ2) is 6.87. The van der Waals surface area contributed by atoms with Crippen LogP contribution in [0.5, 0.6) is 0 Å². The third-order valence-corrected chi connectivity index (χ3v) is 5.25. The summed E-state index contributed by atoms with van der Waals surface area (Å²) in [5, 5.41) is 3.31. The number of morpholine rings is 1. The van der Waals surface area contributed by atoms with Crippen LogP contribution in [0.15, 0.2) is 11.2 Å². The van der Waals surface area contributed by atoms with Crippen molar-refractivity contribution in [2.45, 2.75) is 37.9 Å². The molecule has 1 aliphatic heterocycles. The van der Waals surface area contributed by atoms with Crippen LogP contribution in [0.25, 0.3) is 0 Å². The van der Waals surface area contributed by atoms with E-state index in [1.54, 1.807) is 13.2 Å². The number of hydrogen-bond donors (Lipinski definition) is 1. The molecule has 21 heavy (non-hydrogen) atoms. The van der Waals surface area contributed by atoms with E-state index in [0.29, 0.717) is 19.7 Å². The summed E-state index contributed by atoms with van der Waals surface area (Å²) >= 11 is 0. The molecule has 0 bridgehead atoms. The SMILES string of the molecule is CCCn1cc(S(=O)(=O)N(C)CC2CNCCO2)nc1C. The molecule has 120 valence electrons. The van der Waals surface area contributed by atoms with Crippen molar-refractivity contribution in [3.63, 3.8) is 0 Å². The van der Waals surface area contributed by atoms with Crippen LogP contribution in [-0.4, -0.2) is 61.7 Å². The van der Waals surface area contributed by atoms with Gasteiger partial charge in [-0.25, -0.2) is 13.4 Å². The number of imidazole rings is 1. The first-order chi connectivity index (χ1) is 9.95. The number of nitrogens with zero attached hydrogens (tertiary/aromatic N) is 3. The Balaban J connectivity index is 2.10. The van der Waals surface area contributed by atoms with Gasteiger partial charge in [0.25, 0.3) is 10.0 Å². The van der Waals surface area contributed by atoms with Crippen LogP contribution < -0.4 is 5.32 Å². The number of hydrogen-bond acceptors (Lipinski definition) is 5. The highest BCUT2D eigenvalue weighted by atomic mass is 32.2. The Labute approximate surface area is 126 Å². The molecule has 1 fully saturated rings. The lowest BCUT2D eigenvalue weighted by Gasteiger charge is -2.27. The highest BCUT2D eigenvalue weighted by molar-refractivity contribution is 7.89. The van der Waals surface area contributed by atoms with E-state index < -0.39 is 10.0 Å². The zero-order valence-electron chi connectivity index (χ0n) is 12.9. The molecule has 0 amide bonds. The van der Waals surface area contributed by atoms with Gasteiger partial charge >= 0.3 is 0 Å². The first-order valence-electron chi connectivity index (χ1n) is 7.27. The molecule has 0 spiro atoms. The van der Waals surface area contributed by atoms with E-state index >= 15 is 0 Å². The Hall–Kier alpha value is -0.960. The van der Waals surface area contributed by atoms with Gasteiger partial charge in [0, 0.05) is 39.4 Å². The summed E-state index contributed by atoms with van der Waals surface area (Å²) in [6, 6.07) is 0. The number of likely N-dealkylation sites (N-methyl/N-ethyl adjacent to an activating group) is 1. The molecule has 0 aromatic carbocycles. The molecule has 1 N–H and O–H groups in total. The molecule has 1 aromatic heterocycles. The number of aryl methyl sites for hydroxylation is 2. The van der Waals surface area contributed by atoms with Crippen LogP contribution in [0.3, 0.4) is 0 Å². The van der Waals surface area contributed by atoms with E-state index in [1.165, 1.54) is 4.31 Å². The van der Waals surface area contributed by atoms with E-state index in [-0.39, 0.29) is 11.1 Å². The lowest BCUT2D eigenvalue weighted by atomic mass is 10.3. The average Bonchev–Trinajstić information content (AvgIpc) is 2.82. The van der Waals surface area contributed by atoms with Gasteiger partial charge in [-0.1, -0.05) is 6.92 Å². The van der Waals surface area contributed by atoms with Gasteiger partial charge in [-0.05, 0) is 13.3 Å². The maximum atomic E-state index is 12.5. The minimum Gasteiger partial charge on any atom is -0.374 e. The molecule has 0 aliphatic carbocycles. The van der Waals surface area contributed by atoms with Crippen molar-refractivity contribution in [2.24, 2.45) is 0 Å². The summed E-state index contributed by atoms with van der Waals surface area (Å²) in [6.07, 6.45) is 2.44. The van der Waals surface area contributed by atoms with E-state index in [2.05, 4.69) is 10.3 Å². The van der Waals surface area contributed by atoms with Gasteiger partial charge in [0.1, 0.15) is 5.82 Å². The summed E-state index contributed by atoms with van der Waals surface area (Å²) < 4.78 is 33.8. The molecule has 2 rings (SSSR count). The maximum Gasteiger partial charge on any atom is 0.261 e. The zero-order chi connectivity index (χ0) is 15.5. The molecule has 0 saturated carbocycles. The summed E-state index contributed by atoms with van der Waals surface area (Å²) in [4.78, 5) is 4.19. The summed E-state index contributed by atoms with van der Waals surface area (Å²) in [7, 11) is -1.99. The van der Waals surface area contributed by atoms with Crippen LogP contribution >= 0.6 is 0 Å². The molecule has 1 aromatic rings. The third-order valence-electron chi connectivity index (χ3n) is 3.56. The first-order valence-corrected chi connectivity index (χ1v) is 8.71. The fraction of sp³-hybridized carbons (Fsp3) is 0.769. The molecular formula is C13H24N4O3S. The van der Waals surface area contributed by atoms with Gasteiger partial charge in [-0.2, -0.15) is 4.31 Å². The van der Waals surface area contributed by atoms with Crippen molar-refractivity contribution < 1.29 is 13.2 Å². The summed E-state index contributed by atoms with van der Waals surface area (Å²) in [6.45, 7) is 7.07. The van der Waals surface area contributed by atoms with Crippen LogP contribution in [-0.2, 0) is 21.3 Å². The lowest BCUT2D eigenvalue weighted by Crippen LogP contribution is -2.45. The molecule has 2 heterocycles. The van der Waals surface area contributed by atoms with Gasteiger partial charge < -0.3 is 14.6 Å². The number of ether oxygens (including phenoxy) is 1. The van der Waals surface area contributed by atoms with Crippen molar-refractivity contribution in [3.8, 4) is 0 Å². The van der Waals surface area contributed by atoms with Gasteiger partial charge in [-0.3, -0.25) is 0 Å². The minimum atomic E-state index is -3.56. The molecular weight excluding hydrogens is 292 g/mol. The van der Waals surface area contributed by atoms with Crippen LogP contribution in [0.2, 0.25) is 0 Å². The first kappa shape index (κ1) is 16.4. The second-order valence-corrected chi connectivity index (χ2v) is 7.29. The lowest BCUT2D eigenvalue weighted by molar-refractivity contribution is 0.0206. The van der Waals surface area contributed by atoms with Crippen molar-refractivity contribution >= 4 is 10.0 Å². The fourth-order valence-corrected chi connectivity index (χ4v) is 3.54. The largest absolute Gasteiger partial charge is 0.374 e. The van der Waals surface area contributed by atoms with Crippen LogP contribution in [0, 0.1) is 6.92 Å². The number of rotatable bonds is 6. The minimum absolute atomic E-state index is 0.111. The molecule has 1 atom stereocenters. The Morgan fingerprint density at radius 1 is 1.57 bits per heavy atom. The third kappa shape index (κ3) is 3.82. The smallest absolute Gasteiger partial charge is 0.261 e. The zero-order valence-corrected chi connectivity index (χ0v) is 13.7. The van der Waals surface area contributed by atoms with Gasteiger partial charge in [-0.15, -0.1) is 0 Å². The van der Waals surface area contributed by atoms with Crippen molar-refractivity contribution in [2.75, 3.05) is 33.3 Å². The van der Waals surface area contributed by atoms with E-state index in [1.807, 2.05) is 18.4 Å². The Kier molecular flexibility index (Phi) is 5.37. The highest BCUT2D eigenvalue weighted by Crippen LogP contribution is 2.15. The fourth-order valence-electron chi connectivity index (χ4n) is 2.35. The van der Waals surface area contributed by atoms with E-state index in [0.717, 1.165) is 25.3 Å². The molecule has 8 heteroatoms. The molecule has 7 nitrogen and oxygen atoms in total. The van der Waals surface area contributed by atoms with E-state index in [4.69, 9.17) is 4.74 Å². The standard InChI is InChI=1S/C13H24N4O3S/c1-4-6-17-10-13(15-11(17)2)21(18,19)16(3)9-12-8-14-5-7-20-12/h10,12,14H,4-9H2,1-3H3. The van der Waals surface area contributed by atoms with Gasteiger partial charge in [0.15, 0.2) is 5.03 Å². The van der Waals surface area contributed by atoms with Crippen LogP contribution in [0.4, 0.5) is 0 Å². The second-order valence-electron chi connectivity index (χ2n) is 5.30. The van der Waals surface area contributed by atoms with Crippen molar-refractivity contribution in [1.82, 2.24) is 19.2 Å². The van der Waals surface area contributed by atoms with E-state index in [9.17, 15) is 8.42 Å². The molecule has 0 radical (unpaired) electrons. The Morgan fingerprint density at radius 3 is 2.95 bits per heavy atom. The summed E-state index contributed by atoms with van der Waals surface area (Å²) in [5.41, 5.74) is 0. The van der Waals surface area contributed by atoms with Crippen LogP contribution in [0.1, 0.15) is 19.2 Å². The highest BCUT2D eigenvalue weighted by Gasteiger charge is 2.27. The summed E-state index contributed by atoms with van der Waals surface area (Å²) in [5.74, 6) is 0.722. The van der Waals surface area contributed by atoms with Gasteiger partial charge in [0.2, 0.25) is 0 Å². The average molecular weight is 316 g/mol. The predicted octanol–water partition coefficient (Wildman–Crippen LogP) is 0.210. The topological polar surface area (TPSA) is 76.5 Å². The number of sulfonamides is 1. The van der Waals surface area contributed by atoms with Gasteiger partial charge in [0.05, 0.1) is 12.7 Å². The molecule has 1 unspecified atom stereocenters. The van der Waals surface area contributed by atoms with Crippen molar-refractivity contribution in [3.05, 3.63) is 12.0 Å². The molecule has 1 aliphatic rings. The number of nitrogens with one attached hydrogen (secondary N) is 1. The van der Waals surface area contributed by atoms with Crippen molar-refractivity contribution in [1.29, 1.82) is 0 Å². The predicted molar refractivity (Wildman–Crippen MR) is 79.7 cm³/mol. The Bertz CT molecular complexity index is 564. The quantitative estimate of drug-likeness (QED) is 0.812. The number of aromatic nitrogens is 2. The monoisotopic (exact) mass is 316 g/mol. The Morgan fingerprint density at radius 2 is 2.33 bits per heavy atom. The normalized spacial score (nSPS) is 20.1. The maximum absolute atomic E-state index is 12.5.